The third kappa shape index (κ3) is 7.71. The van der Waals surface area contributed by atoms with Crippen molar-refractivity contribution < 1.29 is 9.47 Å². The number of nitrogens with one attached hydrogen (secondary N) is 1. The standard InChI is InChI=1S/C13H28N2O2/c1-3-13(2)17-10-4-5-14-6-7-15-8-11-16-12-9-15/h13-14H,3-12H2,1-2H3. The van der Waals surface area contributed by atoms with Gasteiger partial charge in [-0.05, 0) is 26.3 Å². The molecule has 1 fully saturated rings. The minimum absolute atomic E-state index is 0.406. The quantitative estimate of drug-likeness (QED) is 0.616. The molecule has 1 heterocycles. The van der Waals surface area contributed by atoms with Gasteiger partial charge >= 0.3 is 0 Å². The average Bonchev–Trinajstić information content (AvgIpc) is 2.38. The first kappa shape index (κ1) is 14.9. The van der Waals surface area contributed by atoms with Gasteiger partial charge in [0.25, 0.3) is 0 Å². The van der Waals surface area contributed by atoms with E-state index in [-0.39, 0.29) is 0 Å². The molecule has 102 valence electrons. The molecule has 0 amide bonds. The second kappa shape index (κ2) is 9.83. The van der Waals surface area contributed by atoms with Crippen LogP contribution < -0.4 is 5.32 Å². The van der Waals surface area contributed by atoms with Gasteiger partial charge in [-0.1, -0.05) is 6.92 Å². The van der Waals surface area contributed by atoms with Gasteiger partial charge < -0.3 is 14.8 Å². The molecule has 4 heteroatoms. The van der Waals surface area contributed by atoms with Crippen LogP contribution in [0.2, 0.25) is 0 Å². The van der Waals surface area contributed by atoms with Crippen molar-refractivity contribution in [3.63, 3.8) is 0 Å². The van der Waals surface area contributed by atoms with E-state index in [4.69, 9.17) is 9.47 Å². The van der Waals surface area contributed by atoms with Crippen LogP contribution in [0.4, 0.5) is 0 Å². The first-order valence-corrected chi connectivity index (χ1v) is 6.95. The van der Waals surface area contributed by atoms with Crippen molar-refractivity contribution in [2.24, 2.45) is 0 Å². The molecule has 1 N–H and O–H groups in total. The van der Waals surface area contributed by atoms with E-state index >= 15 is 0 Å². The Balaban J connectivity index is 1.80. The van der Waals surface area contributed by atoms with E-state index in [1.807, 2.05) is 0 Å². The zero-order valence-corrected chi connectivity index (χ0v) is 11.4. The zero-order valence-electron chi connectivity index (χ0n) is 11.4. The van der Waals surface area contributed by atoms with Crippen molar-refractivity contribution in [3.05, 3.63) is 0 Å². The predicted molar refractivity (Wildman–Crippen MR) is 70.5 cm³/mol. The first-order chi connectivity index (χ1) is 8.33. The molecule has 1 unspecified atom stereocenters. The molecule has 1 atom stereocenters. The van der Waals surface area contributed by atoms with Crippen LogP contribution in [0.15, 0.2) is 0 Å². The highest BCUT2D eigenvalue weighted by molar-refractivity contribution is 4.63. The van der Waals surface area contributed by atoms with Gasteiger partial charge in [-0.15, -0.1) is 0 Å². The lowest BCUT2D eigenvalue weighted by Crippen LogP contribution is -2.40. The molecule has 0 aromatic rings. The molecule has 0 bridgehead atoms. The highest BCUT2D eigenvalue weighted by Gasteiger charge is 2.08. The summed E-state index contributed by atoms with van der Waals surface area (Å²) in [6.07, 6.45) is 2.61. The minimum atomic E-state index is 0.406. The summed E-state index contributed by atoms with van der Waals surface area (Å²) in [5, 5.41) is 3.46. The van der Waals surface area contributed by atoms with Gasteiger partial charge in [0.05, 0.1) is 19.3 Å². The fourth-order valence-corrected chi connectivity index (χ4v) is 1.79. The van der Waals surface area contributed by atoms with E-state index in [1.54, 1.807) is 0 Å². The first-order valence-electron chi connectivity index (χ1n) is 6.95. The Kier molecular flexibility index (Phi) is 8.61. The van der Waals surface area contributed by atoms with Gasteiger partial charge in [-0.25, -0.2) is 0 Å². The molecule has 4 nitrogen and oxygen atoms in total. The Morgan fingerprint density at radius 3 is 2.76 bits per heavy atom. The van der Waals surface area contributed by atoms with Crippen molar-refractivity contribution in [3.8, 4) is 0 Å². The average molecular weight is 244 g/mol. The summed E-state index contributed by atoms with van der Waals surface area (Å²) in [5.74, 6) is 0. The number of hydrogen-bond acceptors (Lipinski definition) is 4. The van der Waals surface area contributed by atoms with Crippen LogP contribution in [0.3, 0.4) is 0 Å². The van der Waals surface area contributed by atoms with Gasteiger partial charge in [0.2, 0.25) is 0 Å². The van der Waals surface area contributed by atoms with E-state index in [9.17, 15) is 0 Å². The summed E-state index contributed by atoms with van der Waals surface area (Å²) in [4.78, 5) is 2.45. The fourth-order valence-electron chi connectivity index (χ4n) is 1.79. The van der Waals surface area contributed by atoms with E-state index in [0.717, 1.165) is 65.4 Å². The predicted octanol–water partition coefficient (Wildman–Crippen LogP) is 1.11. The van der Waals surface area contributed by atoms with Gasteiger partial charge in [0.1, 0.15) is 0 Å². The third-order valence-corrected chi connectivity index (χ3v) is 3.18. The summed E-state index contributed by atoms with van der Waals surface area (Å²) in [6, 6.07) is 0. The van der Waals surface area contributed by atoms with Crippen LogP contribution >= 0.6 is 0 Å². The number of hydrogen-bond donors (Lipinski definition) is 1. The molecule has 0 radical (unpaired) electrons. The van der Waals surface area contributed by atoms with E-state index in [1.165, 1.54) is 0 Å². The Morgan fingerprint density at radius 1 is 1.29 bits per heavy atom. The van der Waals surface area contributed by atoms with Crippen LogP contribution in [0, 0.1) is 0 Å². The number of rotatable bonds is 9. The van der Waals surface area contributed by atoms with Crippen LogP contribution in [0.25, 0.3) is 0 Å². The molecule has 0 aliphatic carbocycles. The summed E-state index contributed by atoms with van der Waals surface area (Å²) in [7, 11) is 0. The number of nitrogens with zero attached hydrogens (tertiary/aromatic N) is 1. The lowest BCUT2D eigenvalue weighted by Gasteiger charge is -2.26. The summed E-state index contributed by atoms with van der Waals surface area (Å²) < 4.78 is 10.9. The molecular weight excluding hydrogens is 216 g/mol. The summed E-state index contributed by atoms with van der Waals surface area (Å²) in [5.41, 5.74) is 0. The van der Waals surface area contributed by atoms with Gasteiger partial charge in [0, 0.05) is 32.8 Å². The molecule has 0 saturated carbocycles. The van der Waals surface area contributed by atoms with Crippen molar-refractivity contribution in [2.75, 3.05) is 52.5 Å². The largest absolute Gasteiger partial charge is 0.379 e. The number of morpholine rings is 1. The molecule has 1 saturated heterocycles. The molecule has 1 aliphatic heterocycles. The lowest BCUT2D eigenvalue weighted by atomic mass is 10.3. The molecule has 0 aromatic carbocycles. The van der Waals surface area contributed by atoms with Crippen LogP contribution in [0.1, 0.15) is 26.7 Å². The van der Waals surface area contributed by atoms with E-state index in [0.29, 0.717) is 6.10 Å². The fraction of sp³-hybridized carbons (Fsp3) is 1.00. The molecule has 1 rings (SSSR count). The lowest BCUT2D eigenvalue weighted by molar-refractivity contribution is 0.0381. The smallest absolute Gasteiger partial charge is 0.0594 e. The van der Waals surface area contributed by atoms with E-state index in [2.05, 4.69) is 24.1 Å². The second-order valence-corrected chi connectivity index (χ2v) is 4.65. The van der Waals surface area contributed by atoms with E-state index < -0.39 is 0 Å². The number of ether oxygens (including phenoxy) is 2. The Bertz CT molecular complexity index is 173. The van der Waals surface area contributed by atoms with Crippen molar-refractivity contribution >= 4 is 0 Å². The maximum absolute atomic E-state index is 5.62. The van der Waals surface area contributed by atoms with Gasteiger partial charge in [-0.2, -0.15) is 0 Å². The SMILES string of the molecule is CCC(C)OCCCNCCN1CCOCC1. The van der Waals surface area contributed by atoms with Crippen molar-refractivity contribution in [1.29, 1.82) is 0 Å². The molecule has 0 aromatic heterocycles. The topological polar surface area (TPSA) is 33.7 Å². The molecule has 1 aliphatic rings. The van der Waals surface area contributed by atoms with Crippen molar-refractivity contribution in [1.82, 2.24) is 10.2 Å². The Hall–Kier alpha value is -0.160. The highest BCUT2D eigenvalue weighted by Crippen LogP contribution is 1.96. The molecule has 17 heavy (non-hydrogen) atoms. The van der Waals surface area contributed by atoms with Crippen molar-refractivity contribution in [2.45, 2.75) is 32.8 Å². The second-order valence-electron chi connectivity index (χ2n) is 4.65. The third-order valence-electron chi connectivity index (χ3n) is 3.18. The monoisotopic (exact) mass is 244 g/mol. The maximum atomic E-state index is 5.62. The summed E-state index contributed by atoms with van der Waals surface area (Å²) in [6.45, 7) is 12.4. The Labute approximate surface area is 106 Å². The van der Waals surface area contributed by atoms with Crippen LogP contribution in [0.5, 0.6) is 0 Å². The molecular formula is C13H28N2O2. The van der Waals surface area contributed by atoms with Gasteiger partial charge in [0.15, 0.2) is 0 Å². The van der Waals surface area contributed by atoms with Gasteiger partial charge in [-0.3, -0.25) is 4.90 Å². The van der Waals surface area contributed by atoms with Crippen LogP contribution in [-0.2, 0) is 9.47 Å². The van der Waals surface area contributed by atoms with Crippen LogP contribution in [-0.4, -0.2) is 63.5 Å². The minimum Gasteiger partial charge on any atom is -0.379 e. The molecule has 0 spiro atoms. The summed E-state index contributed by atoms with van der Waals surface area (Å²) >= 11 is 0. The zero-order chi connectivity index (χ0) is 12.3. The maximum Gasteiger partial charge on any atom is 0.0594 e. The normalized spacial score (nSPS) is 19.4. The highest BCUT2D eigenvalue weighted by atomic mass is 16.5. The Morgan fingerprint density at radius 2 is 2.06 bits per heavy atom.